The molecule has 0 saturated heterocycles. The summed E-state index contributed by atoms with van der Waals surface area (Å²) in [6.45, 7) is 2.18. The van der Waals surface area contributed by atoms with Gasteiger partial charge in [0.1, 0.15) is 5.75 Å². The number of phenols is 1. The number of benzene rings is 3. The van der Waals surface area contributed by atoms with Gasteiger partial charge in [0.2, 0.25) is 0 Å². The monoisotopic (exact) mass is 317 g/mol. The van der Waals surface area contributed by atoms with Crippen molar-refractivity contribution in [3.05, 3.63) is 89.5 Å². The molecule has 2 N–H and O–H groups in total. The van der Waals surface area contributed by atoms with Crippen molar-refractivity contribution in [3.63, 3.8) is 0 Å². The Morgan fingerprint density at radius 3 is 2.42 bits per heavy atom. The molecule has 3 aromatic rings. The normalized spacial score (nSPS) is 10.4. The van der Waals surface area contributed by atoms with Gasteiger partial charge in [0.05, 0.1) is 5.56 Å². The SMILES string of the molecule is Cc1cccc(C(=O)NCc2cccc(-c3ccccc3)c2)c1O. The van der Waals surface area contributed by atoms with Crippen LogP contribution in [0.1, 0.15) is 21.5 Å². The number of rotatable bonds is 4. The molecule has 120 valence electrons. The quantitative estimate of drug-likeness (QED) is 0.754. The first-order chi connectivity index (χ1) is 11.6. The molecular formula is C21H19NO2. The molecule has 0 unspecified atom stereocenters. The summed E-state index contributed by atoms with van der Waals surface area (Å²) in [6.07, 6.45) is 0. The van der Waals surface area contributed by atoms with Crippen LogP contribution in [0.25, 0.3) is 11.1 Å². The number of carbonyl (C=O) groups is 1. The second kappa shape index (κ2) is 7.01. The van der Waals surface area contributed by atoms with Gasteiger partial charge >= 0.3 is 0 Å². The largest absolute Gasteiger partial charge is 0.507 e. The van der Waals surface area contributed by atoms with Gasteiger partial charge in [0.25, 0.3) is 5.91 Å². The molecule has 3 aromatic carbocycles. The lowest BCUT2D eigenvalue weighted by atomic mass is 10.0. The van der Waals surface area contributed by atoms with Gasteiger partial charge in [0, 0.05) is 6.54 Å². The van der Waals surface area contributed by atoms with Crippen LogP contribution in [0.15, 0.2) is 72.8 Å². The fourth-order valence-corrected chi connectivity index (χ4v) is 2.61. The third kappa shape index (κ3) is 3.46. The zero-order valence-electron chi connectivity index (χ0n) is 13.5. The van der Waals surface area contributed by atoms with Crippen molar-refractivity contribution in [3.8, 4) is 16.9 Å². The summed E-state index contributed by atoms with van der Waals surface area (Å²) in [7, 11) is 0. The Labute approximate surface area is 141 Å². The van der Waals surface area contributed by atoms with Crippen molar-refractivity contribution in [2.75, 3.05) is 0 Å². The molecule has 0 aliphatic rings. The Morgan fingerprint density at radius 1 is 0.917 bits per heavy atom. The Kier molecular flexibility index (Phi) is 4.62. The van der Waals surface area contributed by atoms with E-state index in [0.29, 0.717) is 17.7 Å². The van der Waals surface area contributed by atoms with E-state index in [2.05, 4.69) is 23.5 Å². The maximum Gasteiger partial charge on any atom is 0.255 e. The number of hydrogen-bond donors (Lipinski definition) is 2. The number of para-hydroxylation sites is 1. The van der Waals surface area contributed by atoms with Crippen LogP contribution in [0.5, 0.6) is 5.75 Å². The van der Waals surface area contributed by atoms with E-state index >= 15 is 0 Å². The lowest BCUT2D eigenvalue weighted by Crippen LogP contribution is -2.23. The van der Waals surface area contributed by atoms with Gasteiger partial charge in [-0.1, -0.05) is 60.7 Å². The zero-order valence-corrected chi connectivity index (χ0v) is 13.5. The highest BCUT2D eigenvalue weighted by Crippen LogP contribution is 2.22. The van der Waals surface area contributed by atoms with E-state index in [4.69, 9.17) is 0 Å². The average Bonchev–Trinajstić information content (AvgIpc) is 2.63. The molecule has 3 heteroatoms. The Balaban J connectivity index is 1.73. The van der Waals surface area contributed by atoms with Crippen LogP contribution < -0.4 is 5.32 Å². The van der Waals surface area contributed by atoms with Crippen molar-refractivity contribution < 1.29 is 9.90 Å². The van der Waals surface area contributed by atoms with Crippen LogP contribution in [0.3, 0.4) is 0 Å². The van der Waals surface area contributed by atoms with E-state index in [-0.39, 0.29) is 11.7 Å². The summed E-state index contributed by atoms with van der Waals surface area (Å²) >= 11 is 0. The number of carbonyl (C=O) groups excluding carboxylic acids is 1. The van der Waals surface area contributed by atoms with Crippen LogP contribution in [0.4, 0.5) is 0 Å². The Bertz CT molecular complexity index is 857. The molecule has 0 bridgehead atoms. The second-order valence-electron chi connectivity index (χ2n) is 5.72. The minimum atomic E-state index is -0.277. The number of nitrogens with one attached hydrogen (secondary N) is 1. The first-order valence-corrected chi connectivity index (χ1v) is 7.86. The minimum absolute atomic E-state index is 0.0352. The van der Waals surface area contributed by atoms with Gasteiger partial charge < -0.3 is 10.4 Å². The van der Waals surface area contributed by atoms with Crippen LogP contribution in [0.2, 0.25) is 0 Å². The highest BCUT2D eigenvalue weighted by Gasteiger charge is 2.12. The molecule has 0 fully saturated rings. The van der Waals surface area contributed by atoms with Gasteiger partial charge in [0.15, 0.2) is 0 Å². The maximum atomic E-state index is 12.3. The van der Waals surface area contributed by atoms with Gasteiger partial charge in [-0.3, -0.25) is 4.79 Å². The molecule has 24 heavy (non-hydrogen) atoms. The van der Waals surface area contributed by atoms with Crippen molar-refractivity contribution in [2.24, 2.45) is 0 Å². The molecule has 0 atom stereocenters. The van der Waals surface area contributed by atoms with Crippen molar-refractivity contribution >= 4 is 5.91 Å². The van der Waals surface area contributed by atoms with E-state index in [0.717, 1.165) is 16.7 Å². The first kappa shape index (κ1) is 15.8. The van der Waals surface area contributed by atoms with Crippen LogP contribution in [-0.2, 0) is 6.54 Å². The number of phenolic OH excluding ortho intramolecular Hbond substituents is 1. The van der Waals surface area contributed by atoms with Crippen molar-refractivity contribution in [1.29, 1.82) is 0 Å². The molecular weight excluding hydrogens is 298 g/mol. The van der Waals surface area contributed by atoms with E-state index in [9.17, 15) is 9.90 Å². The van der Waals surface area contributed by atoms with Crippen molar-refractivity contribution in [2.45, 2.75) is 13.5 Å². The summed E-state index contributed by atoms with van der Waals surface area (Å²) in [5.41, 5.74) is 4.25. The minimum Gasteiger partial charge on any atom is -0.507 e. The Morgan fingerprint density at radius 2 is 1.62 bits per heavy atom. The lowest BCUT2D eigenvalue weighted by Gasteiger charge is -2.09. The van der Waals surface area contributed by atoms with Gasteiger partial charge in [-0.2, -0.15) is 0 Å². The molecule has 3 nitrogen and oxygen atoms in total. The van der Waals surface area contributed by atoms with Gasteiger partial charge in [-0.15, -0.1) is 0 Å². The second-order valence-corrected chi connectivity index (χ2v) is 5.72. The lowest BCUT2D eigenvalue weighted by molar-refractivity contribution is 0.0948. The molecule has 0 saturated carbocycles. The highest BCUT2D eigenvalue weighted by molar-refractivity contribution is 5.97. The van der Waals surface area contributed by atoms with E-state index in [1.54, 1.807) is 25.1 Å². The predicted octanol–water partition coefficient (Wildman–Crippen LogP) is 4.30. The van der Waals surface area contributed by atoms with E-state index < -0.39 is 0 Å². The van der Waals surface area contributed by atoms with Gasteiger partial charge in [-0.25, -0.2) is 0 Å². The molecule has 3 rings (SSSR count). The average molecular weight is 317 g/mol. The standard InChI is InChI=1S/C21H19NO2/c1-15-7-5-12-19(20(15)23)21(24)22-14-16-8-6-11-18(13-16)17-9-3-2-4-10-17/h2-13,23H,14H2,1H3,(H,22,24). The summed E-state index contributed by atoms with van der Waals surface area (Å²) < 4.78 is 0. The molecule has 0 heterocycles. The maximum absolute atomic E-state index is 12.3. The third-order valence-electron chi connectivity index (χ3n) is 3.97. The van der Waals surface area contributed by atoms with E-state index in [1.165, 1.54) is 0 Å². The molecule has 0 aliphatic carbocycles. The van der Waals surface area contributed by atoms with Crippen LogP contribution >= 0.6 is 0 Å². The first-order valence-electron chi connectivity index (χ1n) is 7.86. The summed E-state index contributed by atoms with van der Waals surface area (Å²) in [4.78, 5) is 12.3. The molecule has 1 amide bonds. The molecule has 0 radical (unpaired) electrons. The highest BCUT2D eigenvalue weighted by atomic mass is 16.3. The molecule has 0 aliphatic heterocycles. The summed E-state index contributed by atoms with van der Waals surface area (Å²) in [5.74, 6) is -0.241. The fraction of sp³-hybridized carbons (Fsp3) is 0.0952. The predicted molar refractivity (Wildman–Crippen MR) is 95.9 cm³/mol. The zero-order chi connectivity index (χ0) is 16.9. The third-order valence-corrected chi connectivity index (χ3v) is 3.97. The van der Waals surface area contributed by atoms with Gasteiger partial charge in [-0.05, 0) is 41.3 Å². The number of hydrogen-bond acceptors (Lipinski definition) is 2. The summed E-state index contributed by atoms with van der Waals surface area (Å²) in [5, 5.41) is 12.9. The topological polar surface area (TPSA) is 49.3 Å². The smallest absolute Gasteiger partial charge is 0.255 e. The number of aromatic hydroxyl groups is 1. The molecule has 0 aromatic heterocycles. The number of aryl methyl sites for hydroxylation is 1. The number of amides is 1. The molecule has 0 spiro atoms. The summed E-state index contributed by atoms with van der Waals surface area (Å²) in [6, 6.07) is 23.3. The van der Waals surface area contributed by atoms with Crippen LogP contribution in [0, 0.1) is 6.92 Å². The van der Waals surface area contributed by atoms with Crippen molar-refractivity contribution in [1.82, 2.24) is 5.32 Å². The van der Waals surface area contributed by atoms with Crippen LogP contribution in [-0.4, -0.2) is 11.0 Å². The fourth-order valence-electron chi connectivity index (χ4n) is 2.61. The van der Waals surface area contributed by atoms with E-state index in [1.807, 2.05) is 36.4 Å². The Hall–Kier alpha value is -3.07.